The van der Waals surface area contributed by atoms with Crippen LogP contribution in [0.1, 0.15) is 35.5 Å². The first-order chi connectivity index (χ1) is 19.1. The Bertz CT molecular complexity index is 1360. The molecule has 12 heteroatoms. The highest BCUT2D eigenvalue weighted by molar-refractivity contribution is 7.13. The maximum Gasteiger partial charge on any atom is 0.269 e. The number of hydrogen-bond acceptors (Lipinski definition) is 8. The highest BCUT2D eigenvalue weighted by Gasteiger charge is 2.24. The molecule has 4 rings (SSSR count). The summed E-state index contributed by atoms with van der Waals surface area (Å²) in [5.41, 5.74) is 3.07. The molecule has 0 radical (unpaired) electrons. The van der Waals surface area contributed by atoms with E-state index in [4.69, 9.17) is 0 Å². The van der Waals surface area contributed by atoms with Gasteiger partial charge in [-0.05, 0) is 45.0 Å². The van der Waals surface area contributed by atoms with E-state index < -0.39 is 4.92 Å². The van der Waals surface area contributed by atoms with E-state index in [1.807, 2.05) is 32.9 Å². The number of aryl methyl sites for hydroxylation is 1. The minimum atomic E-state index is -0.427. The van der Waals surface area contributed by atoms with Crippen molar-refractivity contribution in [2.45, 2.75) is 33.2 Å². The van der Waals surface area contributed by atoms with Gasteiger partial charge in [0.25, 0.3) is 11.6 Å². The number of benzene rings is 2. The van der Waals surface area contributed by atoms with E-state index in [1.54, 1.807) is 34.5 Å². The van der Waals surface area contributed by atoms with E-state index in [9.17, 15) is 24.5 Å². The molecule has 0 aliphatic carbocycles. The SMILES string of the molecule is Cc1ccc(C(=O)N(CC(=O)Nc2nc(CC(=O)N3CCN(c4ccc([N+](=O)[O-])cc4)CC3)cs2)C(C)C)cc1. The standard InChI is InChI=1S/C28H32N6O5S/c1-19(2)33(27(37)21-6-4-20(3)5-7-21)17-25(35)30-28-29-22(18-40-28)16-26(36)32-14-12-31(13-15-32)23-8-10-24(11-9-23)34(38)39/h4-11,18-19H,12-17H2,1-3H3,(H,29,30,35). The van der Waals surface area contributed by atoms with Crippen molar-refractivity contribution in [2.75, 3.05) is 42.9 Å². The molecule has 1 fully saturated rings. The van der Waals surface area contributed by atoms with Crippen LogP contribution in [0, 0.1) is 17.0 Å². The zero-order valence-electron chi connectivity index (χ0n) is 22.7. The molecule has 1 aliphatic heterocycles. The Morgan fingerprint density at radius 1 is 1.05 bits per heavy atom. The number of aromatic nitrogens is 1. The topological polar surface area (TPSA) is 129 Å². The Labute approximate surface area is 236 Å². The van der Waals surface area contributed by atoms with E-state index >= 15 is 0 Å². The van der Waals surface area contributed by atoms with Crippen LogP contribution in [0.2, 0.25) is 0 Å². The average Bonchev–Trinajstić information content (AvgIpc) is 3.38. The highest BCUT2D eigenvalue weighted by atomic mass is 32.1. The third-order valence-electron chi connectivity index (χ3n) is 6.69. The number of non-ortho nitro benzene ring substituents is 1. The van der Waals surface area contributed by atoms with Crippen LogP contribution in [0.15, 0.2) is 53.9 Å². The van der Waals surface area contributed by atoms with Gasteiger partial charge < -0.3 is 20.0 Å². The van der Waals surface area contributed by atoms with Gasteiger partial charge in [-0.2, -0.15) is 0 Å². The number of nitro benzene ring substituents is 1. The largest absolute Gasteiger partial charge is 0.368 e. The van der Waals surface area contributed by atoms with Gasteiger partial charge in [0.05, 0.1) is 17.0 Å². The molecule has 11 nitrogen and oxygen atoms in total. The number of thiazole rings is 1. The number of piperazine rings is 1. The van der Waals surface area contributed by atoms with Gasteiger partial charge in [-0.15, -0.1) is 11.3 Å². The second kappa shape index (κ2) is 12.7. The molecule has 2 heterocycles. The number of rotatable bonds is 9. The number of hydrogen-bond donors (Lipinski definition) is 1. The van der Waals surface area contributed by atoms with Gasteiger partial charge in [0, 0.05) is 61.0 Å². The first kappa shape index (κ1) is 28.7. The van der Waals surface area contributed by atoms with Crippen LogP contribution in [-0.2, 0) is 16.0 Å². The number of amides is 3. The second-order valence-corrected chi connectivity index (χ2v) is 10.8. The normalized spacial score (nSPS) is 13.3. The van der Waals surface area contributed by atoms with Gasteiger partial charge in [-0.1, -0.05) is 17.7 Å². The van der Waals surface area contributed by atoms with Gasteiger partial charge in [-0.25, -0.2) is 4.98 Å². The van der Waals surface area contributed by atoms with Crippen molar-refractivity contribution in [2.24, 2.45) is 0 Å². The maximum absolute atomic E-state index is 13.0. The van der Waals surface area contributed by atoms with E-state index in [0.717, 1.165) is 11.3 Å². The molecule has 1 saturated heterocycles. The summed E-state index contributed by atoms with van der Waals surface area (Å²) < 4.78 is 0. The quantitative estimate of drug-likeness (QED) is 0.310. The second-order valence-electron chi connectivity index (χ2n) is 9.90. The molecular weight excluding hydrogens is 532 g/mol. The number of anilines is 2. The average molecular weight is 565 g/mol. The Hall–Kier alpha value is -4.32. The summed E-state index contributed by atoms with van der Waals surface area (Å²) in [6, 6.07) is 13.5. The van der Waals surface area contributed by atoms with Crippen molar-refractivity contribution in [1.82, 2.24) is 14.8 Å². The summed E-state index contributed by atoms with van der Waals surface area (Å²) in [6.07, 6.45) is 0.119. The lowest BCUT2D eigenvalue weighted by Crippen LogP contribution is -2.49. The highest BCUT2D eigenvalue weighted by Crippen LogP contribution is 2.22. The third-order valence-corrected chi connectivity index (χ3v) is 7.49. The fourth-order valence-corrected chi connectivity index (χ4v) is 5.10. The Balaban J connectivity index is 1.27. The lowest BCUT2D eigenvalue weighted by molar-refractivity contribution is -0.384. The van der Waals surface area contributed by atoms with Crippen LogP contribution in [0.25, 0.3) is 0 Å². The van der Waals surface area contributed by atoms with Crippen molar-refractivity contribution < 1.29 is 19.3 Å². The van der Waals surface area contributed by atoms with Gasteiger partial charge in [0.15, 0.2) is 5.13 Å². The Kier molecular flexibility index (Phi) is 9.10. The van der Waals surface area contributed by atoms with Crippen LogP contribution in [0.5, 0.6) is 0 Å². The van der Waals surface area contributed by atoms with E-state index in [-0.39, 0.29) is 42.4 Å². The van der Waals surface area contributed by atoms with Gasteiger partial charge in [0.1, 0.15) is 6.54 Å². The summed E-state index contributed by atoms with van der Waals surface area (Å²) in [5, 5.41) is 15.7. The lowest BCUT2D eigenvalue weighted by Gasteiger charge is -2.36. The summed E-state index contributed by atoms with van der Waals surface area (Å²) in [5.74, 6) is -0.630. The third kappa shape index (κ3) is 7.20. The number of nitrogens with one attached hydrogen (secondary N) is 1. The van der Waals surface area contributed by atoms with E-state index in [2.05, 4.69) is 15.2 Å². The lowest BCUT2D eigenvalue weighted by atomic mass is 10.1. The summed E-state index contributed by atoms with van der Waals surface area (Å²) in [6.45, 7) is 7.86. The van der Waals surface area contributed by atoms with Gasteiger partial charge in [0.2, 0.25) is 11.8 Å². The zero-order valence-corrected chi connectivity index (χ0v) is 23.5. The molecule has 0 unspecified atom stereocenters. The molecule has 210 valence electrons. The predicted molar refractivity (Wildman–Crippen MR) is 154 cm³/mol. The van der Waals surface area contributed by atoms with Crippen molar-refractivity contribution in [3.05, 3.63) is 80.8 Å². The fourth-order valence-electron chi connectivity index (χ4n) is 4.38. The Morgan fingerprint density at radius 3 is 2.30 bits per heavy atom. The van der Waals surface area contributed by atoms with Crippen LogP contribution in [0.3, 0.4) is 0 Å². The Morgan fingerprint density at radius 2 is 1.70 bits per heavy atom. The molecule has 1 aromatic heterocycles. The molecule has 1 N–H and O–H groups in total. The van der Waals surface area contributed by atoms with Crippen LogP contribution >= 0.6 is 11.3 Å². The molecule has 1 aliphatic rings. The molecule has 3 amide bonds. The molecule has 0 bridgehead atoms. The monoisotopic (exact) mass is 564 g/mol. The fraction of sp³-hybridized carbons (Fsp3) is 0.357. The van der Waals surface area contributed by atoms with Crippen molar-refractivity contribution in [3.63, 3.8) is 0 Å². The number of nitro groups is 1. The molecular formula is C28H32N6O5S. The summed E-state index contributed by atoms with van der Waals surface area (Å²) >= 11 is 1.24. The number of carbonyl (C=O) groups excluding carboxylic acids is 3. The summed E-state index contributed by atoms with van der Waals surface area (Å²) in [4.78, 5) is 58.8. The van der Waals surface area contributed by atoms with Crippen molar-refractivity contribution in [3.8, 4) is 0 Å². The minimum Gasteiger partial charge on any atom is -0.368 e. The molecule has 0 spiro atoms. The molecule has 0 saturated carbocycles. The molecule has 0 atom stereocenters. The summed E-state index contributed by atoms with van der Waals surface area (Å²) in [7, 11) is 0. The number of nitrogens with zero attached hydrogens (tertiary/aromatic N) is 5. The molecule has 2 aromatic carbocycles. The smallest absolute Gasteiger partial charge is 0.269 e. The molecule has 3 aromatic rings. The first-order valence-corrected chi connectivity index (χ1v) is 13.9. The van der Waals surface area contributed by atoms with E-state index in [1.165, 1.54) is 28.4 Å². The van der Waals surface area contributed by atoms with Gasteiger partial charge >= 0.3 is 0 Å². The minimum absolute atomic E-state index is 0.0457. The van der Waals surface area contributed by atoms with E-state index in [0.29, 0.717) is 42.6 Å². The van der Waals surface area contributed by atoms with Gasteiger partial charge in [-0.3, -0.25) is 24.5 Å². The molecule has 40 heavy (non-hydrogen) atoms. The van der Waals surface area contributed by atoms with Crippen LogP contribution in [-0.4, -0.2) is 76.2 Å². The van der Waals surface area contributed by atoms with Crippen molar-refractivity contribution >= 4 is 45.6 Å². The van der Waals surface area contributed by atoms with Crippen LogP contribution < -0.4 is 10.2 Å². The van der Waals surface area contributed by atoms with Crippen molar-refractivity contribution in [1.29, 1.82) is 0 Å². The number of carbonyl (C=O) groups is 3. The predicted octanol–water partition coefficient (Wildman–Crippen LogP) is 3.74. The maximum atomic E-state index is 13.0. The first-order valence-electron chi connectivity index (χ1n) is 13.0. The van der Waals surface area contributed by atoms with Crippen LogP contribution in [0.4, 0.5) is 16.5 Å². The zero-order chi connectivity index (χ0) is 28.8.